The summed E-state index contributed by atoms with van der Waals surface area (Å²) in [6.45, 7) is 3.17. The predicted octanol–water partition coefficient (Wildman–Crippen LogP) is 1.29. The van der Waals surface area contributed by atoms with Gasteiger partial charge in [-0.2, -0.15) is 0 Å². The zero-order chi connectivity index (χ0) is 37.4. The van der Waals surface area contributed by atoms with E-state index < -0.39 is 114 Å². The summed E-state index contributed by atoms with van der Waals surface area (Å²) in [5.74, 6) is -5.24. The van der Waals surface area contributed by atoms with Crippen LogP contribution in [0.4, 0.5) is 0 Å². The molecule has 284 valence electrons. The van der Waals surface area contributed by atoms with Crippen molar-refractivity contribution >= 4 is 41.7 Å². The number of halogens is 1. The van der Waals surface area contributed by atoms with Crippen LogP contribution in [0.2, 0.25) is 0 Å². The monoisotopic (exact) mass is 751 g/mol. The van der Waals surface area contributed by atoms with Gasteiger partial charge in [-0.1, -0.05) is 12.1 Å². The van der Waals surface area contributed by atoms with Crippen molar-refractivity contribution in [3.05, 3.63) is 51.6 Å². The number of aliphatic hydroxyl groups excluding tert-OH is 2. The first-order valence-corrected chi connectivity index (χ1v) is 16.4. The van der Waals surface area contributed by atoms with Gasteiger partial charge in [0.2, 0.25) is 12.1 Å². The molecule has 16 nitrogen and oxygen atoms in total. The third kappa shape index (κ3) is 7.78. The van der Waals surface area contributed by atoms with Crippen molar-refractivity contribution in [1.82, 2.24) is 5.32 Å². The van der Waals surface area contributed by atoms with Crippen molar-refractivity contribution in [3.8, 4) is 17.2 Å². The van der Waals surface area contributed by atoms with E-state index in [1.807, 2.05) is 0 Å². The van der Waals surface area contributed by atoms with E-state index in [0.29, 0.717) is 6.42 Å². The van der Waals surface area contributed by atoms with Crippen molar-refractivity contribution in [3.63, 3.8) is 0 Å². The molecule has 0 bridgehead atoms. The fourth-order valence-electron chi connectivity index (χ4n) is 6.99. The fourth-order valence-corrected chi connectivity index (χ4v) is 6.99. The summed E-state index contributed by atoms with van der Waals surface area (Å²) in [5, 5.41) is 58.5. The molecule has 5 rings (SSSR count). The number of phenolic OH excluding ortho intramolecular Hbond substituents is 2. The molecule has 3 aliphatic rings. The number of benzene rings is 2. The minimum Gasteiger partial charge on any atom is -0.507 e. The number of hydrogen-bond acceptors (Lipinski definition) is 16. The highest BCUT2D eigenvalue weighted by atomic mass is 35.5. The van der Waals surface area contributed by atoms with Crippen LogP contribution in [-0.2, 0) is 39.8 Å². The minimum atomic E-state index is -2.31. The van der Waals surface area contributed by atoms with Crippen LogP contribution in [0.25, 0.3) is 0 Å². The third-order valence-electron chi connectivity index (χ3n) is 9.38. The molecule has 4 unspecified atom stereocenters. The van der Waals surface area contributed by atoms with Crippen LogP contribution >= 0.6 is 12.4 Å². The van der Waals surface area contributed by atoms with Gasteiger partial charge in [-0.15, -0.1) is 12.4 Å². The molecule has 1 heterocycles. The fraction of sp³-hybridized carbons (Fsp3) is 0.514. The normalized spacial score (nSPS) is 25.0. The molecule has 52 heavy (non-hydrogen) atoms. The number of carbonyl (C=O) groups excluding carboxylic acids is 5. The maximum Gasteiger partial charge on any atom is 0.305 e. The second-order valence-corrected chi connectivity index (χ2v) is 12.8. The second-order valence-electron chi connectivity index (χ2n) is 12.8. The Morgan fingerprint density at radius 1 is 1.04 bits per heavy atom. The van der Waals surface area contributed by atoms with E-state index >= 15 is 0 Å². The van der Waals surface area contributed by atoms with Gasteiger partial charge in [0.25, 0.3) is 0 Å². The zero-order valence-electron chi connectivity index (χ0n) is 28.9. The van der Waals surface area contributed by atoms with E-state index in [9.17, 15) is 49.5 Å². The Hall–Kier alpha value is -4.16. The molecule has 1 saturated heterocycles. The van der Waals surface area contributed by atoms with E-state index in [1.165, 1.54) is 39.2 Å². The molecule has 0 saturated carbocycles. The number of aliphatic hydroxyl groups is 3. The largest absolute Gasteiger partial charge is 0.507 e. The number of phenols is 2. The summed E-state index contributed by atoms with van der Waals surface area (Å²) in [7, 11) is 1.31. The molecule has 17 heteroatoms. The molecule has 2 aliphatic carbocycles. The molecule has 0 aromatic heterocycles. The Morgan fingerprint density at radius 3 is 2.31 bits per heavy atom. The smallest absolute Gasteiger partial charge is 0.305 e. The lowest BCUT2D eigenvalue weighted by Crippen LogP contribution is -2.54. The number of nitrogens with one attached hydrogen (secondary N) is 1. The number of rotatable bonds is 12. The van der Waals surface area contributed by atoms with E-state index in [0.717, 1.165) is 0 Å². The lowest BCUT2D eigenvalue weighted by molar-refractivity contribution is -0.249. The van der Waals surface area contributed by atoms with E-state index in [-0.39, 0.29) is 59.8 Å². The van der Waals surface area contributed by atoms with Crippen molar-refractivity contribution in [2.24, 2.45) is 0 Å². The first-order chi connectivity index (χ1) is 24.1. The molecule has 0 amide bonds. The van der Waals surface area contributed by atoms with Crippen LogP contribution in [0.1, 0.15) is 95.5 Å². The first kappa shape index (κ1) is 40.6. The predicted molar refractivity (Wildman–Crippen MR) is 179 cm³/mol. The average molecular weight is 752 g/mol. The van der Waals surface area contributed by atoms with Crippen molar-refractivity contribution in [1.29, 1.82) is 0 Å². The van der Waals surface area contributed by atoms with Crippen LogP contribution in [0.3, 0.4) is 0 Å². The highest BCUT2D eigenvalue weighted by Crippen LogP contribution is 2.52. The van der Waals surface area contributed by atoms with E-state index in [1.54, 1.807) is 6.92 Å². The van der Waals surface area contributed by atoms with Crippen LogP contribution in [0.5, 0.6) is 17.2 Å². The van der Waals surface area contributed by atoms with Crippen molar-refractivity contribution in [2.45, 2.75) is 95.4 Å². The zero-order valence-corrected chi connectivity index (χ0v) is 29.7. The topological polar surface area (TPSA) is 245 Å². The quantitative estimate of drug-likeness (QED) is 0.0661. The summed E-state index contributed by atoms with van der Waals surface area (Å²) in [6.07, 6.45) is -6.12. The molecular formula is C35H42ClNO15. The SMILES string of the molecule is COc1cccc2c1C(=O)c1c(O)c3c(c(O)c1C2=O)C[C@@](O)(C(=O)CO)C[C@H]3OC1CC(NCCCC(OC(C)=O)OC(C)=O)C(O)C(C)O1.Cl. The van der Waals surface area contributed by atoms with E-state index in [4.69, 9.17) is 23.7 Å². The van der Waals surface area contributed by atoms with Gasteiger partial charge in [0.05, 0.1) is 42.1 Å². The Morgan fingerprint density at radius 2 is 1.69 bits per heavy atom. The van der Waals surface area contributed by atoms with Gasteiger partial charge in [-0.05, 0) is 26.0 Å². The average Bonchev–Trinajstić information content (AvgIpc) is 3.07. The minimum absolute atomic E-state index is 0. The standard InChI is InChI=1S/C35H41NO15.ClH/c1-15-30(41)20(36-10-6-9-24(49-16(2)38)50-17(3)39)11-25(48-15)51-22-13-35(46,23(40)14-37)12-19-27(22)34(45)29-28(32(19)43)31(42)18-7-5-8-21(47-4)26(18)33(29)44;/h5,7-8,15,20,22,24-25,30,36-37,41,43,45-46H,6,9-14H2,1-4H3;1H/t15?,20?,22-,25?,30?,35+;/m1./s1. The van der Waals surface area contributed by atoms with Crippen LogP contribution in [0.15, 0.2) is 18.2 Å². The summed E-state index contributed by atoms with van der Waals surface area (Å²) in [4.78, 5) is 63.2. The third-order valence-corrected chi connectivity index (χ3v) is 9.38. The van der Waals surface area contributed by atoms with Gasteiger partial charge in [-0.3, -0.25) is 24.0 Å². The summed E-state index contributed by atoms with van der Waals surface area (Å²) < 4.78 is 27.5. The lowest BCUT2D eigenvalue weighted by atomic mass is 9.72. The highest BCUT2D eigenvalue weighted by molar-refractivity contribution is 6.31. The number of Topliss-reactive ketones (excluding diaryl/α,β-unsaturated/α-hetero) is 1. The molecule has 2 aromatic rings. The molecular weight excluding hydrogens is 710 g/mol. The van der Waals surface area contributed by atoms with Gasteiger partial charge < -0.3 is 54.5 Å². The summed E-state index contributed by atoms with van der Waals surface area (Å²) in [6, 6.07) is 3.68. The number of hydrogen-bond donors (Lipinski definition) is 6. The number of fused-ring (bicyclic) bond motifs is 3. The molecule has 2 aromatic carbocycles. The maximum atomic E-state index is 13.9. The van der Waals surface area contributed by atoms with E-state index in [2.05, 4.69) is 5.32 Å². The van der Waals surface area contributed by atoms with Crippen LogP contribution in [0, 0.1) is 0 Å². The second kappa shape index (κ2) is 16.2. The Bertz CT molecular complexity index is 1730. The Balaban J connectivity index is 0.00000605. The van der Waals surface area contributed by atoms with Gasteiger partial charge in [0, 0.05) is 62.3 Å². The molecule has 0 radical (unpaired) electrons. The van der Waals surface area contributed by atoms with Crippen molar-refractivity contribution in [2.75, 3.05) is 20.3 Å². The summed E-state index contributed by atoms with van der Waals surface area (Å²) in [5.41, 5.74) is -3.92. The number of carbonyl (C=O) groups is 5. The van der Waals surface area contributed by atoms with Gasteiger partial charge >= 0.3 is 11.9 Å². The van der Waals surface area contributed by atoms with Crippen LogP contribution in [-0.4, -0.2) is 112 Å². The van der Waals surface area contributed by atoms with Gasteiger partial charge in [0.15, 0.2) is 17.9 Å². The number of methoxy groups -OCH3 is 1. The van der Waals surface area contributed by atoms with Crippen LogP contribution < -0.4 is 10.1 Å². The highest BCUT2D eigenvalue weighted by Gasteiger charge is 2.50. The molecule has 1 aliphatic heterocycles. The first-order valence-electron chi connectivity index (χ1n) is 16.4. The van der Waals surface area contributed by atoms with Gasteiger partial charge in [-0.25, -0.2) is 0 Å². The molecule has 1 fully saturated rings. The number of ketones is 3. The molecule has 6 atom stereocenters. The Labute approximate surface area is 304 Å². The molecule has 6 N–H and O–H groups in total. The van der Waals surface area contributed by atoms with Gasteiger partial charge in [0.1, 0.15) is 29.5 Å². The van der Waals surface area contributed by atoms with Crippen molar-refractivity contribution < 1.29 is 73.2 Å². The Kier molecular flexibility index (Phi) is 12.7. The molecule has 0 spiro atoms. The lowest BCUT2D eigenvalue weighted by Gasteiger charge is -2.43. The number of esters is 2. The maximum absolute atomic E-state index is 13.9. The number of aromatic hydroxyl groups is 2. The summed E-state index contributed by atoms with van der Waals surface area (Å²) >= 11 is 0. The number of ether oxygens (including phenoxy) is 5.